The number of rotatable bonds is 5. The molecule has 0 atom stereocenters. The summed E-state index contributed by atoms with van der Waals surface area (Å²) >= 11 is 0. The van der Waals surface area contributed by atoms with Crippen molar-refractivity contribution in [3.63, 3.8) is 0 Å². The molecule has 1 aromatic heterocycles. The van der Waals surface area contributed by atoms with Gasteiger partial charge in [0.25, 0.3) is 0 Å². The summed E-state index contributed by atoms with van der Waals surface area (Å²) in [6.45, 7) is 2.51. The van der Waals surface area contributed by atoms with Gasteiger partial charge in [-0.15, -0.1) is 12.4 Å². The Kier molecular flexibility index (Phi) is 6.71. The fourth-order valence-electron chi connectivity index (χ4n) is 2.08. The van der Waals surface area contributed by atoms with Crippen LogP contribution in [0.3, 0.4) is 0 Å². The molecule has 2 rings (SSSR count). The lowest BCUT2D eigenvalue weighted by molar-refractivity contribution is 0.372. The Labute approximate surface area is 120 Å². The molecule has 0 unspecified atom stereocenters. The van der Waals surface area contributed by atoms with Crippen LogP contribution in [0.2, 0.25) is 0 Å². The minimum Gasteiger partial charge on any atom is -0.317 e. The number of aromatic nitrogens is 1. The highest BCUT2D eigenvalue weighted by Crippen LogP contribution is 2.11. The second-order valence-electron chi connectivity index (χ2n) is 4.66. The van der Waals surface area contributed by atoms with E-state index in [1.807, 2.05) is 0 Å². The summed E-state index contributed by atoms with van der Waals surface area (Å²) in [4.78, 5) is 3.92. The van der Waals surface area contributed by atoms with Gasteiger partial charge in [0.15, 0.2) is 0 Å². The zero-order valence-corrected chi connectivity index (χ0v) is 12.3. The normalized spacial score (nSPS) is 16.8. The topological polar surface area (TPSA) is 71.1 Å². The van der Waals surface area contributed by atoms with Crippen molar-refractivity contribution in [3.8, 4) is 0 Å². The van der Waals surface area contributed by atoms with Gasteiger partial charge < -0.3 is 5.32 Å². The van der Waals surface area contributed by atoms with Crippen LogP contribution in [0.4, 0.5) is 0 Å². The number of nitrogens with one attached hydrogen (secondary N) is 2. The maximum atomic E-state index is 11.9. The van der Waals surface area contributed by atoms with Gasteiger partial charge in [0, 0.05) is 18.9 Å². The van der Waals surface area contributed by atoms with Crippen molar-refractivity contribution in [3.05, 3.63) is 30.1 Å². The monoisotopic (exact) mass is 305 g/mol. The highest BCUT2D eigenvalue weighted by atomic mass is 35.5. The van der Waals surface area contributed by atoms with Crippen LogP contribution >= 0.6 is 12.4 Å². The highest BCUT2D eigenvalue weighted by molar-refractivity contribution is 7.88. The van der Waals surface area contributed by atoms with E-state index >= 15 is 0 Å². The molecule has 0 amide bonds. The summed E-state index contributed by atoms with van der Waals surface area (Å²) in [5.41, 5.74) is 0.718. The smallest absolute Gasteiger partial charge is 0.215 e. The number of hydrogen-bond donors (Lipinski definition) is 2. The molecule has 108 valence electrons. The molecule has 0 bridgehead atoms. The van der Waals surface area contributed by atoms with Crippen molar-refractivity contribution >= 4 is 22.4 Å². The number of nitrogens with zero attached hydrogens (tertiary/aromatic N) is 1. The van der Waals surface area contributed by atoms with Crippen molar-refractivity contribution in [2.45, 2.75) is 18.6 Å². The number of pyridine rings is 1. The number of sulfonamides is 1. The van der Waals surface area contributed by atoms with Gasteiger partial charge in [-0.3, -0.25) is 4.98 Å². The molecule has 7 heteroatoms. The second-order valence-corrected chi connectivity index (χ2v) is 6.47. The molecular formula is C12H20ClN3O2S. The summed E-state index contributed by atoms with van der Waals surface area (Å²) < 4.78 is 26.5. The first-order valence-corrected chi connectivity index (χ1v) is 7.88. The first-order valence-electron chi connectivity index (χ1n) is 6.23. The third-order valence-electron chi connectivity index (χ3n) is 3.13. The lowest BCUT2D eigenvalue weighted by atomic mass is 9.99. The molecule has 0 radical (unpaired) electrons. The first-order chi connectivity index (χ1) is 8.66. The van der Waals surface area contributed by atoms with Gasteiger partial charge in [0.2, 0.25) is 10.0 Å². The fourth-order valence-corrected chi connectivity index (χ4v) is 3.29. The number of halogens is 1. The lowest BCUT2D eigenvalue weighted by Gasteiger charge is -2.22. The molecule has 0 aromatic carbocycles. The molecule has 2 N–H and O–H groups in total. The highest BCUT2D eigenvalue weighted by Gasteiger charge is 2.17. The van der Waals surface area contributed by atoms with E-state index in [2.05, 4.69) is 15.0 Å². The molecule has 2 heterocycles. The molecule has 0 aliphatic carbocycles. The third-order valence-corrected chi connectivity index (χ3v) is 4.45. The van der Waals surface area contributed by atoms with Crippen molar-refractivity contribution < 1.29 is 8.42 Å². The van der Waals surface area contributed by atoms with E-state index in [0.717, 1.165) is 31.5 Å². The van der Waals surface area contributed by atoms with Crippen molar-refractivity contribution in [1.82, 2.24) is 15.0 Å². The Morgan fingerprint density at radius 3 is 2.74 bits per heavy atom. The summed E-state index contributed by atoms with van der Waals surface area (Å²) in [7, 11) is -3.24. The van der Waals surface area contributed by atoms with Gasteiger partial charge in [-0.2, -0.15) is 0 Å². The Morgan fingerprint density at radius 1 is 1.37 bits per heavy atom. The van der Waals surface area contributed by atoms with E-state index in [4.69, 9.17) is 0 Å². The van der Waals surface area contributed by atoms with Gasteiger partial charge in [0.05, 0.1) is 5.75 Å². The van der Waals surface area contributed by atoms with E-state index < -0.39 is 10.0 Å². The molecule has 1 aliphatic rings. The number of hydrogen-bond acceptors (Lipinski definition) is 4. The predicted octanol–water partition coefficient (Wildman–Crippen LogP) is 0.922. The van der Waals surface area contributed by atoms with Crippen molar-refractivity contribution in [2.24, 2.45) is 5.92 Å². The summed E-state index contributed by atoms with van der Waals surface area (Å²) in [5, 5.41) is 3.27. The Morgan fingerprint density at radius 2 is 2.11 bits per heavy atom. The molecule has 1 aliphatic heterocycles. The summed E-state index contributed by atoms with van der Waals surface area (Å²) in [6.07, 6.45) is 5.30. The van der Waals surface area contributed by atoms with Crippen LogP contribution in [0.25, 0.3) is 0 Å². The minimum absolute atomic E-state index is 0. The minimum atomic E-state index is -3.24. The van der Waals surface area contributed by atoms with Crippen LogP contribution in [-0.4, -0.2) is 33.0 Å². The Balaban J connectivity index is 0.00000180. The summed E-state index contributed by atoms with van der Waals surface area (Å²) in [5.74, 6) is 0.459. The average molecular weight is 306 g/mol. The van der Waals surface area contributed by atoms with Gasteiger partial charge in [-0.1, -0.05) is 6.07 Å². The van der Waals surface area contributed by atoms with Crippen LogP contribution < -0.4 is 10.0 Å². The van der Waals surface area contributed by atoms with E-state index in [1.165, 1.54) is 0 Å². The molecule has 0 saturated carbocycles. The zero-order valence-electron chi connectivity index (χ0n) is 10.7. The van der Waals surface area contributed by atoms with Crippen LogP contribution in [0.1, 0.15) is 18.4 Å². The van der Waals surface area contributed by atoms with Crippen LogP contribution in [0.15, 0.2) is 24.5 Å². The van der Waals surface area contributed by atoms with Gasteiger partial charge in [-0.05, 0) is 43.5 Å². The molecule has 5 nitrogen and oxygen atoms in total. The maximum absolute atomic E-state index is 11.9. The quantitative estimate of drug-likeness (QED) is 0.849. The predicted molar refractivity (Wildman–Crippen MR) is 77.7 cm³/mol. The third kappa shape index (κ3) is 5.86. The van der Waals surface area contributed by atoms with Crippen LogP contribution in [0, 0.1) is 5.92 Å². The second kappa shape index (κ2) is 7.79. The van der Waals surface area contributed by atoms with Crippen molar-refractivity contribution in [2.75, 3.05) is 19.6 Å². The van der Waals surface area contributed by atoms with Crippen LogP contribution in [-0.2, 0) is 15.8 Å². The van der Waals surface area contributed by atoms with Crippen molar-refractivity contribution in [1.29, 1.82) is 0 Å². The van der Waals surface area contributed by atoms with Crippen LogP contribution in [0.5, 0.6) is 0 Å². The molecule has 1 fully saturated rings. The largest absolute Gasteiger partial charge is 0.317 e. The Bertz CT molecular complexity index is 461. The molecule has 0 spiro atoms. The standard InChI is InChI=1S/C12H19N3O2S.ClH/c16-18(17,10-12-2-1-5-14-8-12)15-9-11-3-6-13-7-4-11;/h1-2,5,8,11,13,15H,3-4,6-7,9-10H2;1H. The number of piperidine rings is 1. The zero-order chi connectivity index (χ0) is 12.8. The SMILES string of the molecule is Cl.O=S(=O)(Cc1cccnc1)NCC1CCNCC1. The van der Waals surface area contributed by atoms with E-state index in [9.17, 15) is 8.42 Å². The maximum Gasteiger partial charge on any atom is 0.215 e. The fraction of sp³-hybridized carbons (Fsp3) is 0.583. The Hall–Kier alpha value is -0.690. The molecule has 1 aromatic rings. The summed E-state index contributed by atoms with van der Waals surface area (Å²) in [6, 6.07) is 3.52. The van der Waals surface area contributed by atoms with E-state index in [-0.39, 0.29) is 18.2 Å². The molecule has 19 heavy (non-hydrogen) atoms. The van der Waals surface area contributed by atoms with Gasteiger partial charge >= 0.3 is 0 Å². The lowest BCUT2D eigenvalue weighted by Crippen LogP contribution is -2.36. The first kappa shape index (κ1) is 16.4. The van der Waals surface area contributed by atoms with Gasteiger partial charge in [-0.25, -0.2) is 13.1 Å². The molecule has 1 saturated heterocycles. The molecular weight excluding hydrogens is 286 g/mol. The van der Waals surface area contributed by atoms with E-state index in [0.29, 0.717) is 12.5 Å². The average Bonchev–Trinajstić information content (AvgIpc) is 2.38. The van der Waals surface area contributed by atoms with Gasteiger partial charge in [0.1, 0.15) is 0 Å². The van der Waals surface area contributed by atoms with E-state index in [1.54, 1.807) is 24.5 Å².